The van der Waals surface area contributed by atoms with E-state index in [9.17, 15) is 0 Å². The molecule has 3 rings (SSSR count). The van der Waals surface area contributed by atoms with Crippen LogP contribution >= 0.6 is 0 Å². The SMILES string of the molecule is COC1O[C@H]2OC[C@H](CCC=C(C)C)[C@@H]3CC/C(C)=C/C/C=C/1[C@@H]23. The highest BCUT2D eigenvalue weighted by atomic mass is 16.8. The van der Waals surface area contributed by atoms with Crippen LogP contribution < -0.4 is 0 Å². The van der Waals surface area contributed by atoms with Crippen molar-refractivity contribution in [1.29, 1.82) is 0 Å². The van der Waals surface area contributed by atoms with E-state index >= 15 is 0 Å². The van der Waals surface area contributed by atoms with Crippen LogP contribution in [0.25, 0.3) is 0 Å². The summed E-state index contributed by atoms with van der Waals surface area (Å²) in [6.45, 7) is 7.43. The first kappa shape index (κ1) is 17.9. The molecule has 0 spiro atoms. The smallest absolute Gasteiger partial charge is 0.183 e. The van der Waals surface area contributed by atoms with Crippen LogP contribution in [-0.4, -0.2) is 26.3 Å². The number of allylic oxidation sites excluding steroid dienone is 5. The maximum Gasteiger partial charge on any atom is 0.183 e. The molecule has 2 heterocycles. The van der Waals surface area contributed by atoms with Gasteiger partial charge in [-0.15, -0.1) is 0 Å². The van der Waals surface area contributed by atoms with Crippen LogP contribution in [0.2, 0.25) is 0 Å². The third kappa shape index (κ3) is 3.84. The highest BCUT2D eigenvalue weighted by Gasteiger charge is 2.49. The molecule has 1 aliphatic carbocycles. The number of ether oxygens (including phenoxy) is 3. The fourth-order valence-corrected chi connectivity index (χ4v) is 4.44. The monoisotopic (exact) mass is 332 g/mol. The van der Waals surface area contributed by atoms with Crippen LogP contribution in [0.1, 0.15) is 52.9 Å². The summed E-state index contributed by atoms with van der Waals surface area (Å²) in [4.78, 5) is 0. The van der Waals surface area contributed by atoms with E-state index in [1.165, 1.54) is 36.0 Å². The fourth-order valence-electron chi connectivity index (χ4n) is 4.44. The van der Waals surface area contributed by atoms with Crippen molar-refractivity contribution < 1.29 is 14.2 Å². The summed E-state index contributed by atoms with van der Waals surface area (Å²) in [6.07, 6.45) is 12.4. The van der Waals surface area contributed by atoms with E-state index in [0.29, 0.717) is 17.8 Å². The molecular weight excluding hydrogens is 300 g/mol. The second-order valence-electron chi connectivity index (χ2n) is 7.74. The van der Waals surface area contributed by atoms with Gasteiger partial charge in [0.05, 0.1) is 6.61 Å². The van der Waals surface area contributed by atoms with Gasteiger partial charge in [-0.25, -0.2) is 0 Å². The van der Waals surface area contributed by atoms with E-state index in [0.717, 1.165) is 19.4 Å². The van der Waals surface area contributed by atoms with Gasteiger partial charge in [0.1, 0.15) is 0 Å². The molecule has 3 heteroatoms. The molecule has 0 amide bonds. The van der Waals surface area contributed by atoms with E-state index < -0.39 is 0 Å². The molecule has 1 unspecified atom stereocenters. The third-order valence-electron chi connectivity index (χ3n) is 5.75. The summed E-state index contributed by atoms with van der Waals surface area (Å²) >= 11 is 0. The Balaban J connectivity index is 1.83. The van der Waals surface area contributed by atoms with Crippen molar-refractivity contribution in [3.05, 3.63) is 34.9 Å². The minimum atomic E-state index is -0.231. The third-order valence-corrected chi connectivity index (χ3v) is 5.75. The van der Waals surface area contributed by atoms with E-state index in [-0.39, 0.29) is 12.6 Å². The van der Waals surface area contributed by atoms with Gasteiger partial charge in [-0.2, -0.15) is 0 Å². The van der Waals surface area contributed by atoms with Gasteiger partial charge in [0.15, 0.2) is 12.6 Å². The summed E-state index contributed by atoms with van der Waals surface area (Å²) in [5, 5.41) is 0. The molecule has 0 saturated carbocycles. The number of hydrogen-bond donors (Lipinski definition) is 0. The molecule has 0 aromatic carbocycles. The lowest BCUT2D eigenvalue weighted by molar-refractivity contribution is -0.230. The van der Waals surface area contributed by atoms with Crippen LogP contribution in [0.15, 0.2) is 34.9 Å². The quantitative estimate of drug-likeness (QED) is 0.678. The molecular formula is C21H32O3. The van der Waals surface area contributed by atoms with Crippen molar-refractivity contribution in [1.82, 2.24) is 0 Å². The standard InChI is InChI=1S/C21H32O3/c1-14(2)7-5-9-16-13-23-21-19-17(16)12-11-15(3)8-6-10-18(19)20(22-4)24-21/h7-8,10,16-17,19-21H,5-6,9,11-13H2,1-4H3/b15-8+,18-10+/t16-,17-,19-,20?,21+/m0/s1. The van der Waals surface area contributed by atoms with Crippen LogP contribution in [-0.2, 0) is 14.2 Å². The molecule has 2 saturated heterocycles. The zero-order valence-electron chi connectivity index (χ0n) is 15.6. The average molecular weight is 332 g/mol. The van der Waals surface area contributed by atoms with Gasteiger partial charge >= 0.3 is 0 Å². The van der Waals surface area contributed by atoms with Crippen molar-refractivity contribution in [3.8, 4) is 0 Å². The number of rotatable bonds is 4. The molecule has 0 aromatic rings. The van der Waals surface area contributed by atoms with Gasteiger partial charge < -0.3 is 14.2 Å². The molecule has 0 aromatic heterocycles. The number of methoxy groups -OCH3 is 1. The first-order chi connectivity index (χ1) is 11.6. The fraction of sp³-hybridized carbons (Fsp3) is 0.714. The maximum absolute atomic E-state index is 6.12. The predicted octanol–water partition coefficient (Wildman–Crippen LogP) is 5.00. The van der Waals surface area contributed by atoms with Gasteiger partial charge in [0.2, 0.25) is 0 Å². The van der Waals surface area contributed by atoms with Crippen LogP contribution in [0, 0.1) is 17.8 Å². The van der Waals surface area contributed by atoms with Gasteiger partial charge in [-0.05, 0) is 70.3 Å². The topological polar surface area (TPSA) is 27.7 Å². The van der Waals surface area contributed by atoms with Crippen molar-refractivity contribution in [2.45, 2.75) is 65.5 Å². The molecule has 2 fully saturated rings. The van der Waals surface area contributed by atoms with Crippen molar-refractivity contribution in [2.75, 3.05) is 13.7 Å². The van der Waals surface area contributed by atoms with Crippen LogP contribution in [0.4, 0.5) is 0 Å². The first-order valence-corrected chi connectivity index (χ1v) is 9.39. The Morgan fingerprint density at radius 1 is 1.33 bits per heavy atom. The summed E-state index contributed by atoms with van der Waals surface area (Å²) < 4.78 is 17.8. The van der Waals surface area contributed by atoms with Gasteiger partial charge in [-0.1, -0.05) is 29.4 Å². The molecule has 3 nitrogen and oxygen atoms in total. The minimum Gasteiger partial charge on any atom is -0.352 e. The predicted molar refractivity (Wildman–Crippen MR) is 96.4 cm³/mol. The largest absolute Gasteiger partial charge is 0.352 e. The summed E-state index contributed by atoms with van der Waals surface area (Å²) in [7, 11) is 1.73. The Labute approximate surface area is 146 Å². The Bertz CT molecular complexity index is 527. The first-order valence-electron chi connectivity index (χ1n) is 9.39. The molecule has 0 bridgehead atoms. The average Bonchev–Trinajstić information content (AvgIpc) is 2.93. The molecule has 2 aliphatic heterocycles. The van der Waals surface area contributed by atoms with E-state index in [4.69, 9.17) is 14.2 Å². The lowest BCUT2D eigenvalue weighted by Gasteiger charge is -2.39. The molecule has 134 valence electrons. The van der Waals surface area contributed by atoms with E-state index in [2.05, 4.69) is 39.0 Å². The van der Waals surface area contributed by atoms with E-state index in [1.807, 2.05) is 0 Å². The van der Waals surface area contributed by atoms with Gasteiger partial charge in [-0.3, -0.25) is 0 Å². The summed E-state index contributed by atoms with van der Waals surface area (Å²) in [5.74, 6) is 1.59. The molecule has 3 aliphatic rings. The maximum atomic E-state index is 6.12. The van der Waals surface area contributed by atoms with E-state index in [1.54, 1.807) is 7.11 Å². The highest BCUT2D eigenvalue weighted by molar-refractivity contribution is 5.21. The Morgan fingerprint density at radius 3 is 2.92 bits per heavy atom. The summed E-state index contributed by atoms with van der Waals surface area (Å²) in [5.41, 5.74) is 4.22. The molecule has 24 heavy (non-hydrogen) atoms. The van der Waals surface area contributed by atoms with Crippen LogP contribution in [0.3, 0.4) is 0 Å². The minimum absolute atomic E-state index is 0.121. The molecule has 0 N–H and O–H groups in total. The summed E-state index contributed by atoms with van der Waals surface area (Å²) in [6, 6.07) is 0. The second-order valence-corrected chi connectivity index (χ2v) is 7.74. The molecule has 0 radical (unpaired) electrons. The lowest BCUT2D eigenvalue weighted by atomic mass is 9.72. The lowest BCUT2D eigenvalue weighted by Crippen LogP contribution is -2.40. The molecule has 5 atom stereocenters. The number of hydrogen-bond acceptors (Lipinski definition) is 3. The van der Waals surface area contributed by atoms with Crippen molar-refractivity contribution in [2.24, 2.45) is 17.8 Å². The highest BCUT2D eigenvalue weighted by Crippen LogP contribution is 2.48. The zero-order chi connectivity index (χ0) is 17.1. The van der Waals surface area contributed by atoms with Crippen molar-refractivity contribution >= 4 is 0 Å². The Kier molecular flexibility index (Phi) is 5.96. The van der Waals surface area contributed by atoms with Crippen molar-refractivity contribution in [3.63, 3.8) is 0 Å². The van der Waals surface area contributed by atoms with Crippen LogP contribution in [0.5, 0.6) is 0 Å². The zero-order valence-corrected chi connectivity index (χ0v) is 15.6. The van der Waals surface area contributed by atoms with Gasteiger partial charge in [0.25, 0.3) is 0 Å². The second kappa shape index (κ2) is 7.99. The normalized spacial score (nSPS) is 40.2. The van der Waals surface area contributed by atoms with Gasteiger partial charge in [0, 0.05) is 13.0 Å². The Hall–Kier alpha value is -0.900. The Morgan fingerprint density at radius 2 is 2.17 bits per heavy atom.